The molecular weight excluding hydrogens is 781 g/mol. The fourth-order valence-corrected chi connectivity index (χ4v) is 8.98. The quantitative estimate of drug-likeness (QED) is 0.160. The Morgan fingerprint density at radius 1 is 0.594 bits per heavy atom. The van der Waals surface area contributed by atoms with E-state index in [9.17, 15) is 5.48 Å². The Bertz CT molecular complexity index is 3630. The SMILES string of the molecule is [2H]c1c([2H])c([2H])c(-c2cccc(-c3c([2H])c([2H])c([2H])c([2H])c3[2H])c2N2CN(c3cc(Oc4ccc5c6ccccc6n(-c6cc(C(C)(C)C)ccn6)c5c4)cc(C(C)(C)C)c3)c3ccccc3C2(C)C)c([2H])c1[2H]. The van der Waals surface area contributed by atoms with Gasteiger partial charge in [0, 0.05) is 57.2 Å². The molecule has 318 valence electrons. The van der Waals surface area contributed by atoms with Crippen molar-refractivity contribution in [2.75, 3.05) is 16.5 Å². The molecule has 10 rings (SSSR count). The zero-order valence-corrected chi connectivity index (χ0v) is 37.5. The van der Waals surface area contributed by atoms with Crippen molar-refractivity contribution in [1.82, 2.24) is 9.55 Å². The number of rotatable bonds is 7. The monoisotopic (exact) mass is 847 g/mol. The Hall–Kier alpha value is -7.11. The topological polar surface area (TPSA) is 33.5 Å². The number of hydrogen-bond acceptors (Lipinski definition) is 4. The van der Waals surface area contributed by atoms with Crippen molar-refractivity contribution in [3.63, 3.8) is 0 Å². The molecule has 0 aliphatic carbocycles. The van der Waals surface area contributed by atoms with E-state index in [-0.39, 0.29) is 39.8 Å². The summed E-state index contributed by atoms with van der Waals surface area (Å²) >= 11 is 0. The Morgan fingerprint density at radius 2 is 1.23 bits per heavy atom. The number of ether oxygens (including phenoxy) is 1. The Balaban J connectivity index is 1.18. The van der Waals surface area contributed by atoms with Crippen LogP contribution < -0.4 is 14.5 Å². The molecule has 0 unspecified atom stereocenters. The molecule has 9 aromatic rings. The van der Waals surface area contributed by atoms with Gasteiger partial charge in [-0.3, -0.25) is 4.57 Å². The number of fused-ring (bicyclic) bond motifs is 4. The van der Waals surface area contributed by atoms with E-state index in [0.717, 1.165) is 55.7 Å². The highest BCUT2D eigenvalue weighted by atomic mass is 16.5. The molecule has 0 spiro atoms. The second-order valence-corrected chi connectivity index (χ2v) is 19.0. The lowest BCUT2D eigenvalue weighted by atomic mass is 9.84. The van der Waals surface area contributed by atoms with Gasteiger partial charge in [0.2, 0.25) is 0 Å². The summed E-state index contributed by atoms with van der Waals surface area (Å²) < 4.78 is 97.8. The third-order valence-electron chi connectivity index (χ3n) is 12.4. The second-order valence-electron chi connectivity index (χ2n) is 19.0. The van der Waals surface area contributed by atoms with Crippen LogP contribution in [0.3, 0.4) is 0 Å². The zero-order chi connectivity index (χ0) is 53.1. The van der Waals surface area contributed by atoms with Gasteiger partial charge in [-0.1, -0.05) is 157 Å². The van der Waals surface area contributed by atoms with Crippen LogP contribution in [-0.4, -0.2) is 16.2 Å². The van der Waals surface area contributed by atoms with Gasteiger partial charge in [-0.25, -0.2) is 4.98 Å². The van der Waals surface area contributed by atoms with Crippen LogP contribution in [0.5, 0.6) is 11.5 Å². The van der Waals surface area contributed by atoms with Gasteiger partial charge in [-0.05, 0) is 95.5 Å². The van der Waals surface area contributed by atoms with Crippen molar-refractivity contribution < 1.29 is 18.4 Å². The number of hydrogen-bond donors (Lipinski definition) is 0. The highest BCUT2D eigenvalue weighted by Crippen LogP contribution is 2.51. The van der Waals surface area contributed by atoms with Crippen molar-refractivity contribution >= 4 is 38.9 Å². The van der Waals surface area contributed by atoms with Crippen LogP contribution in [-0.2, 0) is 16.4 Å². The maximum absolute atomic E-state index is 9.21. The van der Waals surface area contributed by atoms with Crippen LogP contribution in [0.2, 0.25) is 0 Å². The molecule has 0 saturated heterocycles. The smallest absolute Gasteiger partial charge is 0.137 e. The van der Waals surface area contributed by atoms with E-state index < -0.39 is 66.0 Å². The first-order valence-electron chi connectivity index (χ1n) is 26.7. The summed E-state index contributed by atoms with van der Waals surface area (Å²) in [5.74, 6) is 2.00. The first-order chi connectivity index (χ1) is 34.9. The van der Waals surface area contributed by atoms with Crippen LogP contribution in [0.4, 0.5) is 17.1 Å². The van der Waals surface area contributed by atoms with E-state index in [4.69, 9.17) is 17.9 Å². The molecule has 0 amide bonds. The molecule has 5 heteroatoms. The summed E-state index contributed by atoms with van der Waals surface area (Å²) in [5, 5.41) is 2.15. The summed E-state index contributed by atoms with van der Waals surface area (Å²) in [6.45, 7) is 17.1. The van der Waals surface area contributed by atoms with Crippen molar-refractivity contribution in [3.8, 4) is 39.6 Å². The van der Waals surface area contributed by atoms with E-state index >= 15 is 0 Å². The molecule has 2 aromatic heterocycles. The summed E-state index contributed by atoms with van der Waals surface area (Å²) in [6.07, 6.45) is 1.86. The molecule has 0 radical (unpaired) electrons. The maximum Gasteiger partial charge on any atom is 0.137 e. The molecule has 0 saturated carbocycles. The molecule has 0 fully saturated rings. The van der Waals surface area contributed by atoms with Crippen molar-refractivity contribution in [1.29, 1.82) is 0 Å². The number of anilines is 3. The third-order valence-corrected chi connectivity index (χ3v) is 12.4. The molecule has 5 nitrogen and oxygen atoms in total. The average Bonchev–Trinajstić information content (AvgIpc) is 3.70. The molecule has 1 aliphatic rings. The largest absolute Gasteiger partial charge is 0.457 e. The first-order valence-corrected chi connectivity index (χ1v) is 21.7. The summed E-state index contributed by atoms with van der Waals surface area (Å²) in [7, 11) is 0. The minimum Gasteiger partial charge on any atom is -0.457 e. The predicted molar refractivity (Wildman–Crippen MR) is 269 cm³/mol. The van der Waals surface area contributed by atoms with Gasteiger partial charge in [0.1, 0.15) is 17.3 Å². The maximum atomic E-state index is 9.21. The second kappa shape index (κ2) is 15.6. The molecular formula is C59H56N4O. The van der Waals surface area contributed by atoms with E-state index in [1.165, 1.54) is 0 Å². The van der Waals surface area contributed by atoms with Crippen molar-refractivity contribution in [3.05, 3.63) is 199 Å². The van der Waals surface area contributed by atoms with Gasteiger partial charge >= 0.3 is 0 Å². The fraction of sp³-hybridized carbons (Fsp3) is 0.203. The van der Waals surface area contributed by atoms with Crippen LogP contribution in [0.15, 0.2) is 182 Å². The molecule has 7 aromatic carbocycles. The van der Waals surface area contributed by atoms with Gasteiger partial charge < -0.3 is 14.5 Å². The zero-order valence-electron chi connectivity index (χ0n) is 47.5. The summed E-state index contributed by atoms with van der Waals surface area (Å²) in [6, 6.07) is 32.9. The van der Waals surface area contributed by atoms with Crippen LogP contribution in [0, 0.1) is 0 Å². The molecule has 3 heterocycles. The Kier molecular flexibility index (Phi) is 7.52. The number of benzene rings is 7. The van der Waals surface area contributed by atoms with Gasteiger partial charge in [-0.15, -0.1) is 0 Å². The standard InChI is InChI=1S/C59H56N4O/c1-57(2,3)42-32-33-60-55(36-42)63-52-28-17-15-24-49(52)50-31-30-45(38-54(50)63)64-46-35-43(58(4,5)6)34-44(37-46)61-39-62(59(7,8)51-27-16-18-29-53(51)61)56-47(40-20-11-9-12-21-40)25-19-26-48(56)41-22-13-10-14-23-41/h9-38H,39H2,1-8H3/i9D,10D,11D,12D,13D,14D,20D,21D,22D,23D. The van der Waals surface area contributed by atoms with Crippen LogP contribution in [0.1, 0.15) is 85.8 Å². The molecule has 0 N–H and O–H groups in total. The van der Waals surface area contributed by atoms with Crippen LogP contribution in [0.25, 0.3) is 49.9 Å². The lowest BCUT2D eigenvalue weighted by Gasteiger charge is -2.51. The van der Waals surface area contributed by atoms with Gasteiger partial charge in [0.15, 0.2) is 0 Å². The molecule has 0 atom stereocenters. The van der Waals surface area contributed by atoms with E-state index in [1.54, 1.807) is 18.2 Å². The van der Waals surface area contributed by atoms with Gasteiger partial charge in [-0.2, -0.15) is 0 Å². The lowest BCUT2D eigenvalue weighted by molar-refractivity contribution is 0.464. The highest BCUT2D eigenvalue weighted by Gasteiger charge is 2.40. The van der Waals surface area contributed by atoms with Gasteiger partial charge in [0.25, 0.3) is 0 Å². The van der Waals surface area contributed by atoms with E-state index in [0.29, 0.717) is 17.2 Å². The van der Waals surface area contributed by atoms with Crippen molar-refractivity contribution in [2.45, 2.75) is 71.8 Å². The Morgan fingerprint density at radius 3 is 1.92 bits per heavy atom. The summed E-state index contributed by atoms with van der Waals surface area (Å²) in [4.78, 5) is 9.06. The Labute approximate surface area is 392 Å². The average molecular weight is 847 g/mol. The molecule has 1 aliphatic heterocycles. The number of nitrogens with zero attached hydrogens (tertiary/aromatic N) is 4. The van der Waals surface area contributed by atoms with E-state index in [1.807, 2.05) is 73.5 Å². The lowest BCUT2D eigenvalue weighted by Crippen LogP contribution is -2.52. The van der Waals surface area contributed by atoms with Gasteiger partial charge in [0.05, 0.1) is 42.6 Å². The number of para-hydroxylation sites is 3. The fourth-order valence-electron chi connectivity index (χ4n) is 8.98. The molecule has 64 heavy (non-hydrogen) atoms. The first kappa shape index (κ1) is 30.9. The number of pyridine rings is 1. The van der Waals surface area contributed by atoms with Crippen LogP contribution >= 0.6 is 0 Å². The van der Waals surface area contributed by atoms with Crippen molar-refractivity contribution in [2.24, 2.45) is 0 Å². The van der Waals surface area contributed by atoms with E-state index in [2.05, 4.69) is 99.5 Å². The highest BCUT2D eigenvalue weighted by molar-refractivity contribution is 6.09. The minimum absolute atomic E-state index is 0.0828. The normalized spacial score (nSPS) is 16.1. The number of aromatic nitrogens is 2. The summed E-state index contributed by atoms with van der Waals surface area (Å²) in [5.41, 5.74) is 5.88. The predicted octanol–water partition coefficient (Wildman–Crippen LogP) is 15.8. The molecule has 0 bridgehead atoms. The third kappa shape index (κ3) is 7.29. The minimum atomic E-state index is -0.922.